The number of nitrogens with zero attached hydrogens (tertiary/aromatic N) is 3. The summed E-state index contributed by atoms with van der Waals surface area (Å²) in [6.45, 7) is 2.34. The molecular weight excluding hydrogens is 280 g/mol. The van der Waals surface area contributed by atoms with Crippen LogP contribution >= 0.6 is 0 Å². The molecule has 3 fully saturated rings. The van der Waals surface area contributed by atoms with Gasteiger partial charge in [0.25, 0.3) is 0 Å². The van der Waals surface area contributed by atoms with Crippen molar-refractivity contribution in [2.75, 3.05) is 29.9 Å². The minimum atomic E-state index is -0.640. The Labute approximate surface area is 129 Å². The second-order valence-electron chi connectivity index (χ2n) is 7.02. The predicted molar refractivity (Wildman–Crippen MR) is 82.9 cm³/mol. The molecule has 2 atom stereocenters. The van der Waals surface area contributed by atoms with Crippen LogP contribution in [0, 0.1) is 17.3 Å². The maximum Gasteiger partial charge on any atom is 0.311 e. The van der Waals surface area contributed by atoms with E-state index in [1.54, 1.807) is 6.33 Å². The molecule has 4 rings (SSSR count). The zero-order chi connectivity index (χ0) is 15.2. The smallest absolute Gasteiger partial charge is 0.311 e. The van der Waals surface area contributed by atoms with Crippen molar-refractivity contribution in [3.05, 3.63) is 12.4 Å². The zero-order valence-corrected chi connectivity index (χ0v) is 12.7. The van der Waals surface area contributed by atoms with Crippen LogP contribution in [0.3, 0.4) is 0 Å². The van der Waals surface area contributed by atoms with Crippen molar-refractivity contribution in [3.8, 4) is 0 Å². The van der Waals surface area contributed by atoms with Gasteiger partial charge >= 0.3 is 5.97 Å². The summed E-state index contributed by atoms with van der Waals surface area (Å²) in [5, 5.41) is 13.0. The molecule has 2 N–H and O–H groups in total. The fourth-order valence-electron chi connectivity index (χ4n) is 4.00. The summed E-state index contributed by atoms with van der Waals surface area (Å²) in [6.07, 6.45) is 7.02. The molecule has 0 radical (unpaired) electrons. The molecule has 3 aliphatic rings. The minimum absolute atomic E-state index is 0.253. The average Bonchev–Trinajstić information content (AvgIpc) is 3.12. The van der Waals surface area contributed by atoms with Crippen LogP contribution in [0.4, 0.5) is 11.6 Å². The summed E-state index contributed by atoms with van der Waals surface area (Å²) in [7, 11) is 0. The summed E-state index contributed by atoms with van der Waals surface area (Å²) in [5.74, 6) is 2.10. The second kappa shape index (κ2) is 5.11. The third kappa shape index (κ3) is 2.30. The fourth-order valence-corrected chi connectivity index (χ4v) is 4.00. The molecule has 118 valence electrons. The molecule has 0 amide bonds. The monoisotopic (exact) mass is 302 g/mol. The maximum absolute atomic E-state index is 11.8. The van der Waals surface area contributed by atoms with E-state index in [1.807, 2.05) is 6.07 Å². The largest absolute Gasteiger partial charge is 0.481 e. The third-order valence-electron chi connectivity index (χ3n) is 5.54. The van der Waals surface area contributed by atoms with Crippen molar-refractivity contribution < 1.29 is 9.90 Å². The van der Waals surface area contributed by atoms with E-state index >= 15 is 0 Å². The molecule has 2 heterocycles. The number of fused-ring (bicyclic) bond motifs is 1. The number of carbonyl (C=O) groups is 1. The van der Waals surface area contributed by atoms with Crippen LogP contribution in [0.2, 0.25) is 0 Å². The molecule has 1 saturated heterocycles. The van der Waals surface area contributed by atoms with Crippen LogP contribution in [0.1, 0.15) is 32.1 Å². The molecule has 0 unspecified atom stereocenters. The van der Waals surface area contributed by atoms with E-state index < -0.39 is 11.4 Å². The van der Waals surface area contributed by atoms with Gasteiger partial charge in [0.2, 0.25) is 0 Å². The second-order valence-corrected chi connectivity index (χ2v) is 7.02. The SMILES string of the molecule is O=C(O)[C@@]12CCC[C@H]1CN(c1cc(NCC3CC3)ncn1)C2. The Kier molecular flexibility index (Phi) is 3.20. The lowest BCUT2D eigenvalue weighted by atomic mass is 9.81. The number of aliphatic carboxylic acids is 1. The summed E-state index contributed by atoms with van der Waals surface area (Å²) in [5.41, 5.74) is -0.563. The molecule has 6 nitrogen and oxygen atoms in total. The minimum Gasteiger partial charge on any atom is -0.481 e. The highest BCUT2D eigenvalue weighted by Crippen LogP contribution is 2.49. The van der Waals surface area contributed by atoms with E-state index in [2.05, 4.69) is 20.2 Å². The third-order valence-corrected chi connectivity index (χ3v) is 5.54. The van der Waals surface area contributed by atoms with Crippen LogP contribution in [0.25, 0.3) is 0 Å². The van der Waals surface area contributed by atoms with Gasteiger partial charge in [0, 0.05) is 25.7 Å². The molecular formula is C16H22N4O2. The van der Waals surface area contributed by atoms with E-state index in [4.69, 9.17) is 0 Å². The number of aromatic nitrogens is 2. The van der Waals surface area contributed by atoms with Crippen LogP contribution in [-0.2, 0) is 4.79 Å². The van der Waals surface area contributed by atoms with Gasteiger partial charge in [-0.15, -0.1) is 0 Å². The van der Waals surface area contributed by atoms with Gasteiger partial charge in [0.15, 0.2) is 0 Å². The summed E-state index contributed by atoms with van der Waals surface area (Å²) >= 11 is 0. The van der Waals surface area contributed by atoms with Crippen molar-refractivity contribution in [1.82, 2.24) is 9.97 Å². The van der Waals surface area contributed by atoms with E-state index in [-0.39, 0.29) is 5.92 Å². The number of nitrogens with one attached hydrogen (secondary N) is 1. The molecule has 0 spiro atoms. The molecule has 1 aliphatic heterocycles. The lowest BCUT2D eigenvalue weighted by molar-refractivity contribution is -0.149. The molecule has 1 aromatic rings. The molecule has 0 bridgehead atoms. The Morgan fingerprint density at radius 3 is 3.00 bits per heavy atom. The number of carboxylic acid groups (broad SMARTS) is 1. The van der Waals surface area contributed by atoms with Gasteiger partial charge in [-0.2, -0.15) is 0 Å². The van der Waals surface area contributed by atoms with Gasteiger partial charge in [-0.05, 0) is 37.5 Å². The number of anilines is 2. The van der Waals surface area contributed by atoms with Gasteiger partial charge in [-0.25, -0.2) is 9.97 Å². The molecule has 6 heteroatoms. The first kappa shape index (κ1) is 13.8. The molecule has 1 aromatic heterocycles. The summed E-state index contributed by atoms with van der Waals surface area (Å²) in [6, 6.07) is 1.96. The lowest BCUT2D eigenvalue weighted by Crippen LogP contribution is -2.35. The van der Waals surface area contributed by atoms with Crippen LogP contribution in [-0.4, -0.2) is 40.7 Å². The Balaban J connectivity index is 1.50. The maximum atomic E-state index is 11.8. The Morgan fingerprint density at radius 1 is 1.41 bits per heavy atom. The average molecular weight is 302 g/mol. The first-order chi connectivity index (χ1) is 10.7. The lowest BCUT2D eigenvalue weighted by Gasteiger charge is -2.23. The molecule has 2 aliphatic carbocycles. The van der Waals surface area contributed by atoms with Crippen LogP contribution in [0.5, 0.6) is 0 Å². The van der Waals surface area contributed by atoms with Crippen molar-refractivity contribution >= 4 is 17.6 Å². The Bertz CT molecular complexity index is 589. The number of carboxylic acids is 1. The molecule has 22 heavy (non-hydrogen) atoms. The van der Waals surface area contributed by atoms with Gasteiger partial charge in [0.1, 0.15) is 18.0 Å². The van der Waals surface area contributed by atoms with E-state index in [9.17, 15) is 9.90 Å². The number of rotatable bonds is 5. The van der Waals surface area contributed by atoms with Crippen molar-refractivity contribution in [1.29, 1.82) is 0 Å². The van der Waals surface area contributed by atoms with Crippen LogP contribution < -0.4 is 10.2 Å². The van der Waals surface area contributed by atoms with Gasteiger partial charge in [-0.1, -0.05) is 6.42 Å². The zero-order valence-electron chi connectivity index (χ0n) is 12.7. The van der Waals surface area contributed by atoms with Crippen molar-refractivity contribution in [2.24, 2.45) is 17.3 Å². The summed E-state index contributed by atoms with van der Waals surface area (Å²) < 4.78 is 0. The standard InChI is InChI=1S/C16H22N4O2/c21-15(22)16-5-1-2-12(16)8-20(9-16)14-6-13(18-10-19-14)17-7-11-3-4-11/h6,10-12H,1-5,7-9H2,(H,21,22)(H,17,18,19)/t12-,16+/m0/s1. The Morgan fingerprint density at radius 2 is 2.27 bits per heavy atom. The van der Waals surface area contributed by atoms with E-state index in [0.29, 0.717) is 6.54 Å². The van der Waals surface area contributed by atoms with Crippen LogP contribution in [0.15, 0.2) is 12.4 Å². The highest BCUT2D eigenvalue weighted by atomic mass is 16.4. The number of hydrogen-bond acceptors (Lipinski definition) is 5. The first-order valence-electron chi connectivity index (χ1n) is 8.22. The molecule has 0 aromatic carbocycles. The van der Waals surface area contributed by atoms with E-state index in [0.717, 1.165) is 49.9 Å². The highest BCUT2D eigenvalue weighted by molar-refractivity contribution is 5.78. The van der Waals surface area contributed by atoms with Gasteiger partial charge in [-0.3, -0.25) is 4.79 Å². The number of hydrogen-bond donors (Lipinski definition) is 2. The van der Waals surface area contributed by atoms with Gasteiger partial charge in [0.05, 0.1) is 5.41 Å². The van der Waals surface area contributed by atoms with E-state index in [1.165, 1.54) is 12.8 Å². The van der Waals surface area contributed by atoms with Crippen molar-refractivity contribution in [2.45, 2.75) is 32.1 Å². The topological polar surface area (TPSA) is 78.4 Å². The predicted octanol–water partition coefficient (Wildman–Crippen LogP) is 1.99. The molecule has 2 saturated carbocycles. The van der Waals surface area contributed by atoms with Gasteiger partial charge < -0.3 is 15.3 Å². The highest BCUT2D eigenvalue weighted by Gasteiger charge is 2.55. The first-order valence-corrected chi connectivity index (χ1v) is 8.22. The quantitative estimate of drug-likeness (QED) is 0.866. The summed E-state index contributed by atoms with van der Waals surface area (Å²) in [4.78, 5) is 22.5. The van der Waals surface area contributed by atoms with Crippen molar-refractivity contribution in [3.63, 3.8) is 0 Å². The Hall–Kier alpha value is -1.85. The normalized spacial score (nSPS) is 30.4. The fraction of sp³-hybridized carbons (Fsp3) is 0.688.